The standard InChI is InChI=1S/C17H10Cl4O/c1-9-4-12(22-11-2-3-15(19)17(21)8-11)7-14-13(9)5-10(18)6-16(14)20/h2-8H,1H3. The highest BCUT2D eigenvalue weighted by atomic mass is 35.5. The number of hydrogen-bond acceptors (Lipinski definition) is 1. The molecule has 112 valence electrons. The van der Waals surface area contributed by atoms with Crippen LogP contribution < -0.4 is 4.74 Å². The SMILES string of the molecule is Cc1cc(Oc2ccc(Cl)c(Cl)c2)cc2c(Cl)cc(Cl)cc12. The number of ether oxygens (including phenoxy) is 1. The lowest BCUT2D eigenvalue weighted by atomic mass is 10.1. The van der Waals surface area contributed by atoms with Crippen molar-refractivity contribution in [3.8, 4) is 11.5 Å². The summed E-state index contributed by atoms with van der Waals surface area (Å²) in [5.74, 6) is 1.28. The van der Waals surface area contributed by atoms with E-state index in [1.54, 1.807) is 24.3 Å². The van der Waals surface area contributed by atoms with Crippen molar-refractivity contribution in [3.63, 3.8) is 0 Å². The number of benzene rings is 3. The minimum atomic E-state index is 0.446. The van der Waals surface area contributed by atoms with E-state index in [0.29, 0.717) is 31.6 Å². The van der Waals surface area contributed by atoms with Crippen LogP contribution in [0, 0.1) is 6.92 Å². The first-order chi connectivity index (χ1) is 10.4. The van der Waals surface area contributed by atoms with Crippen LogP contribution in [-0.2, 0) is 0 Å². The van der Waals surface area contributed by atoms with Crippen LogP contribution in [0.5, 0.6) is 11.5 Å². The summed E-state index contributed by atoms with van der Waals surface area (Å²) in [7, 11) is 0. The molecule has 3 rings (SSSR count). The molecule has 0 aliphatic rings. The van der Waals surface area contributed by atoms with E-state index in [4.69, 9.17) is 51.1 Å². The molecule has 0 saturated heterocycles. The number of fused-ring (bicyclic) bond motifs is 1. The monoisotopic (exact) mass is 370 g/mol. The Kier molecular flexibility index (Phi) is 4.42. The molecule has 5 heteroatoms. The van der Waals surface area contributed by atoms with Gasteiger partial charge < -0.3 is 4.74 Å². The molecule has 0 fully saturated rings. The van der Waals surface area contributed by atoms with E-state index < -0.39 is 0 Å². The molecule has 0 N–H and O–H groups in total. The summed E-state index contributed by atoms with van der Waals surface area (Å²) in [6, 6.07) is 12.5. The first kappa shape index (κ1) is 15.8. The molecule has 0 amide bonds. The molecule has 0 aliphatic heterocycles. The quantitative estimate of drug-likeness (QED) is 0.451. The molecule has 0 radical (unpaired) electrons. The summed E-state index contributed by atoms with van der Waals surface area (Å²) < 4.78 is 5.85. The van der Waals surface area contributed by atoms with Crippen molar-refractivity contribution in [2.45, 2.75) is 6.92 Å². The van der Waals surface area contributed by atoms with Gasteiger partial charge in [0.15, 0.2) is 0 Å². The third-order valence-corrected chi connectivity index (χ3v) is 4.56. The van der Waals surface area contributed by atoms with E-state index in [1.807, 2.05) is 25.1 Å². The largest absolute Gasteiger partial charge is 0.457 e. The fraction of sp³-hybridized carbons (Fsp3) is 0.0588. The Morgan fingerprint density at radius 1 is 0.682 bits per heavy atom. The van der Waals surface area contributed by atoms with Crippen molar-refractivity contribution < 1.29 is 4.74 Å². The fourth-order valence-corrected chi connectivity index (χ4v) is 3.10. The maximum absolute atomic E-state index is 6.28. The molecular weight excluding hydrogens is 362 g/mol. The molecule has 0 aromatic heterocycles. The van der Waals surface area contributed by atoms with Crippen LogP contribution in [0.1, 0.15) is 5.56 Å². The predicted octanol–water partition coefficient (Wildman–Crippen LogP) is 7.55. The Morgan fingerprint density at radius 2 is 1.45 bits per heavy atom. The lowest BCUT2D eigenvalue weighted by Gasteiger charge is -2.11. The van der Waals surface area contributed by atoms with E-state index in [-0.39, 0.29) is 0 Å². The van der Waals surface area contributed by atoms with Crippen molar-refractivity contribution in [1.82, 2.24) is 0 Å². The van der Waals surface area contributed by atoms with Crippen LogP contribution >= 0.6 is 46.4 Å². The zero-order chi connectivity index (χ0) is 15.9. The number of hydrogen-bond donors (Lipinski definition) is 0. The summed E-state index contributed by atoms with van der Waals surface area (Å²) in [5, 5.41) is 4.02. The number of aryl methyl sites for hydroxylation is 1. The zero-order valence-corrected chi connectivity index (χ0v) is 14.5. The maximum Gasteiger partial charge on any atom is 0.129 e. The zero-order valence-electron chi connectivity index (χ0n) is 11.5. The third kappa shape index (κ3) is 3.13. The topological polar surface area (TPSA) is 9.23 Å². The van der Waals surface area contributed by atoms with Gasteiger partial charge in [-0.1, -0.05) is 46.4 Å². The Morgan fingerprint density at radius 3 is 2.18 bits per heavy atom. The van der Waals surface area contributed by atoms with Crippen LogP contribution in [-0.4, -0.2) is 0 Å². The average Bonchev–Trinajstić information content (AvgIpc) is 2.44. The van der Waals surface area contributed by atoms with Crippen molar-refractivity contribution in [2.75, 3.05) is 0 Å². The van der Waals surface area contributed by atoms with Gasteiger partial charge in [0.05, 0.1) is 15.1 Å². The molecule has 0 unspecified atom stereocenters. The van der Waals surface area contributed by atoms with Gasteiger partial charge in [-0.05, 0) is 54.3 Å². The van der Waals surface area contributed by atoms with Gasteiger partial charge in [-0.15, -0.1) is 0 Å². The maximum atomic E-state index is 6.28. The first-order valence-electron chi connectivity index (χ1n) is 6.46. The van der Waals surface area contributed by atoms with Crippen molar-refractivity contribution >= 4 is 57.2 Å². The highest BCUT2D eigenvalue weighted by Gasteiger charge is 2.08. The van der Waals surface area contributed by atoms with Crippen LogP contribution in [0.25, 0.3) is 10.8 Å². The second-order valence-electron chi connectivity index (χ2n) is 4.90. The second kappa shape index (κ2) is 6.17. The lowest BCUT2D eigenvalue weighted by Crippen LogP contribution is -1.88. The van der Waals surface area contributed by atoms with E-state index in [9.17, 15) is 0 Å². The minimum Gasteiger partial charge on any atom is -0.457 e. The average molecular weight is 372 g/mol. The van der Waals surface area contributed by atoms with Gasteiger partial charge in [0.2, 0.25) is 0 Å². The molecule has 22 heavy (non-hydrogen) atoms. The molecule has 3 aromatic carbocycles. The number of halogens is 4. The molecule has 0 heterocycles. The predicted molar refractivity (Wildman–Crippen MR) is 95.2 cm³/mol. The normalized spacial score (nSPS) is 11.0. The molecule has 3 aromatic rings. The minimum absolute atomic E-state index is 0.446. The summed E-state index contributed by atoms with van der Waals surface area (Å²) in [6.45, 7) is 1.98. The molecule has 0 saturated carbocycles. The molecule has 0 aliphatic carbocycles. The van der Waals surface area contributed by atoms with Crippen molar-refractivity contribution in [3.05, 3.63) is 68.1 Å². The second-order valence-corrected chi connectivity index (χ2v) is 6.56. The first-order valence-corrected chi connectivity index (χ1v) is 7.97. The van der Waals surface area contributed by atoms with Gasteiger partial charge in [0.25, 0.3) is 0 Å². The van der Waals surface area contributed by atoms with Crippen LogP contribution in [0.4, 0.5) is 0 Å². The Bertz CT molecular complexity index is 874. The van der Waals surface area contributed by atoms with Gasteiger partial charge in [0, 0.05) is 16.5 Å². The molecule has 0 spiro atoms. The number of rotatable bonds is 2. The van der Waals surface area contributed by atoms with Gasteiger partial charge >= 0.3 is 0 Å². The highest BCUT2D eigenvalue weighted by Crippen LogP contribution is 2.35. The Balaban J connectivity index is 2.06. The summed E-state index contributed by atoms with van der Waals surface area (Å²) in [4.78, 5) is 0. The highest BCUT2D eigenvalue weighted by molar-refractivity contribution is 6.42. The molecule has 0 bridgehead atoms. The lowest BCUT2D eigenvalue weighted by molar-refractivity contribution is 0.483. The summed E-state index contributed by atoms with van der Waals surface area (Å²) in [5.41, 5.74) is 1.02. The third-order valence-electron chi connectivity index (χ3n) is 3.29. The molecular formula is C17H10Cl4O. The van der Waals surface area contributed by atoms with E-state index >= 15 is 0 Å². The summed E-state index contributed by atoms with van der Waals surface area (Å²) >= 11 is 24.2. The Labute approximate surface area is 148 Å². The van der Waals surface area contributed by atoms with Gasteiger partial charge in [-0.2, -0.15) is 0 Å². The van der Waals surface area contributed by atoms with E-state index in [0.717, 1.165) is 16.3 Å². The molecule has 1 nitrogen and oxygen atoms in total. The molecule has 0 atom stereocenters. The van der Waals surface area contributed by atoms with Crippen molar-refractivity contribution in [2.24, 2.45) is 0 Å². The van der Waals surface area contributed by atoms with Crippen molar-refractivity contribution in [1.29, 1.82) is 0 Å². The van der Waals surface area contributed by atoms with Crippen LogP contribution in [0.3, 0.4) is 0 Å². The smallest absolute Gasteiger partial charge is 0.129 e. The summed E-state index contributed by atoms with van der Waals surface area (Å²) in [6.07, 6.45) is 0. The Hall–Kier alpha value is -1.12. The van der Waals surface area contributed by atoms with Crippen LogP contribution in [0.2, 0.25) is 20.1 Å². The van der Waals surface area contributed by atoms with Gasteiger partial charge in [-0.3, -0.25) is 0 Å². The van der Waals surface area contributed by atoms with Gasteiger partial charge in [0.1, 0.15) is 11.5 Å². The van der Waals surface area contributed by atoms with Gasteiger partial charge in [-0.25, -0.2) is 0 Å². The van der Waals surface area contributed by atoms with E-state index in [2.05, 4.69) is 0 Å². The van der Waals surface area contributed by atoms with E-state index in [1.165, 1.54) is 0 Å². The fourth-order valence-electron chi connectivity index (χ4n) is 2.27. The van der Waals surface area contributed by atoms with Crippen LogP contribution in [0.15, 0.2) is 42.5 Å².